The Morgan fingerprint density at radius 2 is 1.62 bits per heavy atom. The molecule has 0 radical (unpaired) electrons. The lowest BCUT2D eigenvalue weighted by molar-refractivity contribution is -0.143. The van der Waals surface area contributed by atoms with E-state index < -0.39 is 6.10 Å². The first-order chi connectivity index (χ1) is 11.4. The molecule has 132 valence electrons. The number of carbonyl (C=O) groups is 2. The number of piperazine rings is 1. The highest BCUT2D eigenvalue weighted by atomic mass is 16.5. The lowest BCUT2D eigenvalue weighted by Crippen LogP contribution is -2.53. The number of amides is 2. The van der Waals surface area contributed by atoms with Crippen molar-refractivity contribution in [1.82, 2.24) is 9.80 Å². The van der Waals surface area contributed by atoms with Gasteiger partial charge in [0.2, 0.25) is 5.91 Å². The van der Waals surface area contributed by atoms with Crippen LogP contribution in [0.1, 0.15) is 45.6 Å². The SMILES string of the molecule is CCC(=O)N1CCN(C(=O)C(C)Oc2ccccc2C(C)C)CC1. The molecule has 1 fully saturated rings. The zero-order valence-corrected chi connectivity index (χ0v) is 15.1. The molecular formula is C19H28N2O3. The minimum Gasteiger partial charge on any atom is -0.481 e. The molecule has 0 aliphatic carbocycles. The molecule has 1 aromatic rings. The Bertz CT molecular complexity index is 578. The molecule has 2 amide bonds. The van der Waals surface area contributed by atoms with Gasteiger partial charge in [0.05, 0.1) is 0 Å². The van der Waals surface area contributed by atoms with E-state index in [1.807, 2.05) is 36.1 Å². The first-order valence-electron chi connectivity index (χ1n) is 8.76. The Kier molecular flexibility index (Phi) is 6.23. The standard InChI is InChI=1S/C19H28N2O3/c1-5-18(22)20-10-12-21(13-11-20)19(23)15(4)24-17-9-7-6-8-16(17)14(2)3/h6-9,14-15H,5,10-13H2,1-4H3. The maximum absolute atomic E-state index is 12.6. The number of ether oxygens (including phenoxy) is 1. The van der Waals surface area contributed by atoms with Crippen molar-refractivity contribution in [2.24, 2.45) is 0 Å². The van der Waals surface area contributed by atoms with E-state index in [1.54, 1.807) is 11.8 Å². The van der Waals surface area contributed by atoms with Crippen molar-refractivity contribution >= 4 is 11.8 Å². The Hall–Kier alpha value is -2.04. The minimum atomic E-state index is -0.529. The van der Waals surface area contributed by atoms with Crippen molar-refractivity contribution in [2.75, 3.05) is 26.2 Å². The summed E-state index contributed by atoms with van der Waals surface area (Å²) in [5, 5.41) is 0. The van der Waals surface area contributed by atoms with E-state index in [9.17, 15) is 9.59 Å². The summed E-state index contributed by atoms with van der Waals surface area (Å²) in [7, 11) is 0. The van der Waals surface area contributed by atoms with Crippen LogP contribution in [0.25, 0.3) is 0 Å². The summed E-state index contributed by atoms with van der Waals surface area (Å²) in [6.07, 6.45) is -0.0160. The topological polar surface area (TPSA) is 49.9 Å². The molecule has 24 heavy (non-hydrogen) atoms. The van der Waals surface area contributed by atoms with Gasteiger partial charge in [0.25, 0.3) is 5.91 Å². The molecule has 0 bridgehead atoms. The fourth-order valence-electron chi connectivity index (χ4n) is 2.96. The molecule has 2 rings (SSSR count). The van der Waals surface area contributed by atoms with Crippen LogP contribution in [-0.2, 0) is 9.59 Å². The zero-order valence-electron chi connectivity index (χ0n) is 15.1. The normalized spacial score (nSPS) is 16.2. The molecule has 0 spiro atoms. The second-order valence-corrected chi connectivity index (χ2v) is 6.51. The third-order valence-corrected chi connectivity index (χ3v) is 4.44. The number of hydrogen-bond donors (Lipinski definition) is 0. The number of benzene rings is 1. The van der Waals surface area contributed by atoms with Crippen LogP contribution in [0.5, 0.6) is 5.75 Å². The molecule has 1 atom stereocenters. The van der Waals surface area contributed by atoms with Gasteiger partial charge in [-0.2, -0.15) is 0 Å². The molecule has 1 aliphatic rings. The maximum Gasteiger partial charge on any atom is 0.263 e. The first kappa shape index (κ1) is 18.3. The fourth-order valence-corrected chi connectivity index (χ4v) is 2.96. The number of para-hydroxylation sites is 1. The van der Waals surface area contributed by atoms with E-state index in [1.165, 1.54) is 0 Å². The molecule has 5 nitrogen and oxygen atoms in total. The Morgan fingerprint density at radius 1 is 1.04 bits per heavy atom. The predicted molar refractivity (Wildman–Crippen MR) is 94.1 cm³/mol. The molecule has 1 unspecified atom stereocenters. The average molecular weight is 332 g/mol. The summed E-state index contributed by atoms with van der Waals surface area (Å²) in [6, 6.07) is 7.86. The summed E-state index contributed by atoms with van der Waals surface area (Å²) in [6.45, 7) is 10.2. The third-order valence-electron chi connectivity index (χ3n) is 4.44. The van der Waals surface area contributed by atoms with Crippen LogP contribution < -0.4 is 4.74 Å². The lowest BCUT2D eigenvalue weighted by Gasteiger charge is -2.36. The van der Waals surface area contributed by atoms with E-state index >= 15 is 0 Å². The van der Waals surface area contributed by atoms with Crippen LogP contribution in [0, 0.1) is 0 Å². The van der Waals surface area contributed by atoms with Gasteiger partial charge in [-0.05, 0) is 24.5 Å². The molecule has 0 saturated carbocycles. The molecular weight excluding hydrogens is 304 g/mol. The highest BCUT2D eigenvalue weighted by Gasteiger charge is 2.27. The molecule has 1 aliphatic heterocycles. The Morgan fingerprint density at radius 3 is 2.21 bits per heavy atom. The van der Waals surface area contributed by atoms with Gasteiger partial charge < -0.3 is 14.5 Å². The summed E-state index contributed by atoms with van der Waals surface area (Å²) >= 11 is 0. The number of hydrogen-bond acceptors (Lipinski definition) is 3. The highest BCUT2D eigenvalue weighted by molar-refractivity contribution is 5.81. The lowest BCUT2D eigenvalue weighted by atomic mass is 10.0. The second-order valence-electron chi connectivity index (χ2n) is 6.51. The summed E-state index contributed by atoms with van der Waals surface area (Å²) in [5.74, 6) is 1.25. The number of rotatable bonds is 5. The maximum atomic E-state index is 12.6. The highest BCUT2D eigenvalue weighted by Crippen LogP contribution is 2.27. The van der Waals surface area contributed by atoms with E-state index in [2.05, 4.69) is 13.8 Å². The van der Waals surface area contributed by atoms with Gasteiger partial charge in [-0.1, -0.05) is 39.0 Å². The van der Waals surface area contributed by atoms with Crippen molar-refractivity contribution in [3.05, 3.63) is 29.8 Å². The smallest absolute Gasteiger partial charge is 0.263 e. The molecule has 5 heteroatoms. The van der Waals surface area contributed by atoms with Gasteiger partial charge in [-0.3, -0.25) is 9.59 Å². The van der Waals surface area contributed by atoms with E-state index in [4.69, 9.17) is 4.74 Å². The van der Waals surface area contributed by atoms with Crippen LogP contribution in [0.3, 0.4) is 0 Å². The van der Waals surface area contributed by atoms with Gasteiger partial charge in [0.1, 0.15) is 5.75 Å². The molecule has 1 saturated heterocycles. The van der Waals surface area contributed by atoms with Crippen LogP contribution in [0.15, 0.2) is 24.3 Å². The Balaban J connectivity index is 1.95. The third kappa shape index (κ3) is 4.28. The second kappa shape index (κ2) is 8.18. The quantitative estimate of drug-likeness (QED) is 0.833. The van der Waals surface area contributed by atoms with Crippen molar-refractivity contribution in [3.8, 4) is 5.75 Å². The zero-order chi connectivity index (χ0) is 17.7. The first-order valence-corrected chi connectivity index (χ1v) is 8.76. The van der Waals surface area contributed by atoms with Crippen LogP contribution >= 0.6 is 0 Å². The van der Waals surface area contributed by atoms with Crippen molar-refractivity contribution in [2.45, 2.75) is 46.1 Å². The van der Waals surface area contributed by atoms with E-state index in [0.29, 0.717) is 38.5 Å². The summed E-state index contributed by atoms with van der Waals surface area (Å²) < 4.78 is 5.95. The van der Waals surface area contributed by atoms with Crippen molar-refractivity contribution < 1.29 is 14.3 Å². The largest absolute Gasteiger partial charge is 0.481 e. The number of carbonyl (C=O) groups excluding carboxylic acids is 2. The van der Waals surface area contributed by atoms with Crippen LogP contribution in [0.4, 0.5) is 0 Å². The Labute approximate surface area is 144 Å². The molecule has 1 aromatic carbocycles. The average Bonchev–Trinajstić information content (AvgIpc) is 2.60. The van der Waals surface area contributed by atoms with Gasteiger partial charge in [-0.25, -0.2) is 0 Å². The van der Waals surface area contributed by atoms with Gasteiger partial charge in [0, 0.05) is 32.6 Å². The molecule has 0 aromatic heterocycles. The van der Waals surface area contributed by atoms with Gasteiger partial charge >= 0.3 is 0 Å². The monoisotopic (exact) mass is 332 g/mol. The summed E-state index contributed by atoms with van der Waals surface area (Å²) in [5.41, 5.74) is 1.11. The minimum absolute atomic E-state index is 0.0165. The fraction of sp³-hybridized carbons (Fsp3) is 0.579. The predicted octanol–water partition coefficient (Wildman–Crippen LogP) is 2.66. The van der Waals surface area contributed by atoms with Gasteiger partial charge in [0.15, 0.2) is 6.10 Å². The van der Waals surface area contributed by atoms with Crippen LogP contribution in [0.2, 0.25) is 0 Å². The van der Waals surface area contributed by atoms with E-state index in [0.717, 1.165) is 11.3 Å². The molecule has 0 N–H and O–H groups in total. The number of nitrogens with zero attached hydrogens (tertiary/aromatic N) is 2. The molecule has 1 heterocycles. The van der Waals surface area contributed by atoms with Crippen LogP contribution in [-0.4, -0.2) is 53.9 Å². The summed E-state index contributed by atoms with van der Waals surface area (Å²) in [4.78, 5) is 28.0. The van der Waals surface area contributed by atoms with Gasteiger partial charge in [-0.15, -0.1) is 0 Å². The van der Waals surface area contributed by atoms with E-state index in [-0.39, 0.29) is 11.8 Å². The van der Waals surface area contributed by atoms with Crippen molar-refractivity contribution in [3.63, 3.8) is 0 Å². The van der Waals surface area contributed by atoms with Crippen molar-refractivity contribution in [1.29, 1.82) is 0 Å².